The van der Waals surface area contributed by atoms with Crippen molar-refractivity contribution in [3.05, 3.63) is 54.1 Å². The van der Waals surface area contributed by atoms with Gasteiger partial charge in [-0.25, -0.2) is 0 Å². The molecule has 0 heterocycles. The molecule has 0 aliphatic carbocycles. The van der Waals surface area contributed by atoms with Gasteiger partial charge in [0.15, 0.2) is 7.14 Å². The molecular formula is C23H31O4P. The highest BCUT2D eigenvalue weighted by atomic mass is 31.2. The van der Waals surface area contributed by atoms with E-state index in [1.165, 1.54) is 14.2 Å². The molecule has 0 bridgehead atoms. The molecule has 0 saturated heterocycles. The van der Waals surface area contributed by atoms with E-state index >= 15 is 0 Å². The lowest BCUT2D eigenvalue weighted by Gasteiger charge is -2.24. The fourth-order valence-corrected chi connectivity index (χ4v) is 6.51. The first-order valence-corrected chi connectivity index (χ1v) is 11.8. The first-order valence-electron chi connectivity index (χ1n) is 9.92. The lowest BCUT2D eigenvalue weighted by Crippen LogP contribution is -2.21. The first-order chi connectivity index (χ1) is 13.5. The molecule has 2 aromatic rings. The van der Waals surface area contributed by atoms with E-state index in [2.05, 4.69) is 13.8 Å². The van der Waals surface area contributed by atoms with Crippen LogP contribution in [-0.4, -0.2) is 25.9 Å². The zero-order valence-corrected chi connectivity index (χ0v) is 18.2. The van der Waals surface area contributed by atoms with Crippen molar-refractivity contribution in [1.29, 1.82) is 0 Å². The predicted octanol–water partition coefficient (Wildman–Crippen LogP) is 5.75. The smallest absolute Gasteiger partial charge is 0.233 e. The molecule has 0 aromatic heterocycles. The largest absolute Gasteiger partial charge is 0.496 e. The van der Waals surface area contributed by atoms with Crippen LogP contribution in [0.5, 0.6) is 11.5 Å². The minimum absolute atomic E-state index is 0.232. The van der Waals surface area contributed by atoms with Crippen LogP contribution >= 0.6 is 7.14 Å². The van der Waals surface area contributed by atoms with Gasteiger partial charge in [0.2, 0.25) is 5.52 Å². The highest BCUT2D eigenvalue weighted by molar-refractivity contribution is 7.87. The molecule has 0 aliphatic heterocycles. The number of unbranched alkanes of at least 4 members (excludes halogenated alkanes) is 1. The van der Waals surface area contributed by atoms with Gasteiger partial charge < -0.3 is 14.0 Å². The van der Waals surface area contributed by atoms with E-state index in [4.69, 9.17) is 9.47 Å². The van der Waals surface area contributed by atoms with Crippen molar-refractivity contribution < 1.29 is 18.8 Å². The summed E-state index contributed by atoms with van der Waals surface area (Å²) in [5, 5.41) is 0.600. The average molecular weight is 402 g/mol. The molecule has 0 N–H and O–H groups in total. The monoisotopic (exact) mass is 402 g/mol. The summed E-state index contributed by atoms with van der Waals surface area (Å²) >= 11 is 0. The highest BCUT2D eigenvalue weighted by Crippen LogP contribution is 2.53. The topological polar surface area (TPSA) is 52.6 Å². The van der Waals surface area contributed by atoms with E-state index in [1.807, 2.05) is 18.2 Å². The Bertz CT molecular complexity index is 794. The number of rotatable bonds is 11. The summed E-state index contributed by atoms with van der Waals surface area (Å²) in [6.07, 6.45) is 4.39. The van der Waals surface area contributed by atoms with Gasteiger partial charge in [0, 0.05) is 11.5 Å². The fourth-order valence-electron chi connectivity index (χ4n) is 3.50. The molecule has 152 valence electrons. The molecule has 28 heavy (non-hydrogen) atoms. The summed E-state index contributed by atoms with van der Waals surface area (Å²) in [5.74, 6) is 1.01. The summed E-state index contributed by atoms with van der Waals surface area (Å²) in [7, 11) is -0.359. The van der Waals surface area contributed by atoms with Crippen LogP contribution in [0.4, 0.5) is 0 Å². The van der Waals surface area contributed by atoms with Crippen molar-refractivity contribution in [2.24, 2.45) is 5.92 Å². The number of ether oxygens (including phenoxy) is 2. The highest BCUT2D eigenvalue weighted by Gasteiger charge is 2.39. The van der Waals surface area contributed by atoms with Gasteiger partial charge in [-0.2, -0.15) is 0 Å². The lowest BCUT2D eigenvalue weighted by atomic mass is 10.0. The van der Waals surface area contributed by atoms with Gasteiger partial charge in [-0.15, -0.1) is 0 Å². The Hall–Kier alpha value is -2.06. The summed E-state index contributed by atoms with van der Waals surface area (Å²) in [6.45, 7) is 4.25. The molecular weight excluding hydrogens is 371 g/mol. The molecule has 5 heteroatoms. The molecule has 2 aromatic carbocycles. The second-order valence-corrected chi connectivity index (χ2v) is 9.78. The van der Waals surface area contributed by atoms with Gasteiger partial charge in [-0.1, -0.05) is 69.5 Å². The Kier molecular flexibility index (Phi) is 8.32. The van der Waals surface area contributed by atoms with Crippen molar-refractivity contribution in [3.63, 3.8) is 0 Å². The lowest BCUT2D eigenvalue weighted by molar-refractivity contribution is 0.106. The van der Waals surface area contributed by atoms with Crippen molar-refractivity contribution in [2.75, 3.05) is 20.4 Å². The SMILES string of the molecule is CCCCC(CC)CP(=O)(C(=O)c1c(OC)cccc1OC)c1ccccc1. The molecule has 2 atom stereocenters. The maximum absolute atomic E-state index is 14.3. The summed E-state index contributed by atoms with van der Waals surface area (Å²) in [5.41, 5.74) is -0.118. The van der Waals surface area contributed by atoms with Crippen molar-refractivity contribution >= 4 is 18.0 Å². The standard InChI is InChI=1S/C23H31O4P/c1-5-7-12-18(6-2)17-28(25,19-13-9-8-10-14-19)23(24)22-20(26-3)15-11-16-21(22)27-4/h8-11,13-16,18H,5-7,12,17H2,1-4H3. The Morgan fingerprint density at radius 2 is 1.57 bits per heavy atom. The van der Waals surface area contributed by atoms with Crippen LogP contribution < -0.4 is 14.8 Å². The van der Waals surface area contributed by atoms with Gasteiger partial charge in [0.05, 0.1) is 14.2 Å². The quantitative estimate of drug-likeness (QED) is 0.449. The van der Waals surface area contributed by atoms with E-state index < -0.39 is 7.14 Å². The molecule has 2 rings (SSSR count). The van der Waals surface area contributed by atoms with Crippen LogP contribution in [0.3, 0.4) is 0 Å². The number of carbonyl (C=O) groups excluding carboxylic acids is 1. The fraction of sp³-hybridized carbons (Fsp3) is 0.435. The van der Waals surface area contributed by atoms with E-state index in [0.717, 1.165) is 25.7 Å². The number of benzene rings is 2. The molecule has 0 aliphatic rings. The third-order valence-electron chi connectivity index (χ3n) is 5.20. The predicted molar refractivity (Wildman–Crippen MR) is 116 cm³/mol. The summed E-state index contributed by atoms with van der Waals surface area (Å²) in [6, 6.07) is 14.3. The first kappa shape index (κ1) is 22.2. The summed E-state index contributed by atoms with van der Waals surface area (Å²) < 4.78 is 25.2. The van der Waals surface area contributed by atoms with Crippen molar-refractivity contribution in [1.82, 2.24) is 0 Å². The van der Waals surface area contributed by atoms with Gasteiger partial charge in [-0.3, -0.25) is 4.79 Å². The van der Waals surface area contributed by atoms with Gasteiger partial charge in [0.1, 0.15) is 17.1 Å². The molecule has 0 fully saturated rings. The van der Waals surface area contributed by atoms with Crippen LogP contribution in [-0.2, 0) is 4.57 Å². The maximum atomic E-state index is 14.3. The Balaban J connectivity index is 2.57. The van der Waals surface area contributed by atoms with Gasteiger partial charge >= 0.3 is 0 Å². The molecule has 0 radical (unpaired) electrons. The molecule has 4 nitrogen and oxygen atoms in total. The Morgan fingerprint density at radius 3 is 2.07 bits per heavy atom. The van der Waals surface area contributed by atoms with E-state index in [-0.39, 0.29) is 17.0 Å². The number of hydrogen-bond donors (Lipinski definition) is 0. The Labute approximate surface area is 168 Å². The van der Waals surface area contributed by atoms with Crippen LogP contribution in [0.2, 0.25) is 0 Å². The zero-order chi connectivity index (χ0) is 20.6. The van der Waals surface area contributed by atoms with Crippen molar-refractivity contribution in [3.8, 4) is 11.5 Å². The molecule has 0 saturated carbocycles. The van der Waals surface area contributed by atoms with E-state index in [1.54, 1.807) is 30.3 Å². The van der Waals surface area contributed by atoms with Crippen LogP contribution in [0.15, 0.2) is 48.5 Å². The maximum Gasteiger partial charge on any atom is 0.233 e. The third-order valence-corrected chi connectivity index (χ3v) is 8.24. The molecule has 0 amide bonds. The van der Waals surface area contributed by atoms with E-state index in [0.29, 0.717) is 23.0 Å². The minimum Gasteiger partial charge on any atom is -0.496 e. The third kappa shape index (κ3) is 4.86. The van der Waals surface area contributed by atoms with Crippen LogP contribution in [0, 0.1) is 5.92 Å². The van der Waals surface area contributed by atoms with Gasteiger partial charge in [-0.05, 0) is 24.5 Å². The van der Waals surface area contributed by atoms with Crippen LogP contribution in [0.25, 0.3) is 0 Å². The number of carbonyl (C=O) groups is 1. The van der Waals surface area contributed by atoms with Crippen molar-refractivity contribution in [2.45, 2.75) is 39.5 Å². The van der Waals surface area contributed by atoms with Crippen LogP contribution in [0.1, 0.15) is 49.9 Å². The summed E-state index contributed by atoms with van der Waals surface area (Å²) in [4.78, 5) is 13.7. The zero-order valence-electron chi connectivity index (χ0n) is 17.3. The number of hydrogen-bond acceptors (Lipinski definition) is 4. The van der Waals surface area contributed by atoms with Gasteiger partial charge in [0.25, 0.3) is 0 Å². The number of methoxy groups -OCH3 is 2. The molecule has 2 unspecified atom stereocenters. The second-order valence-electron chi connectivity index (χ2n) is 7.02. The van der Waals surface area contributed by atoms with E-state index in [9.17, 15) is 9.36 Å². The second kappa shape index (κ2) is 10.5. The molecule has 0 spiro atoms. The minimum atomic E-state index is -3.38. The average Bonchev–Trinajstić information content (AvgIpc) is 2.75. The normalized spacial score (nSPS) is 14.1. The Morgan fingerprint density at radius 1 is 0.964 bits per heavy atom.